The maximum absolute atomic E-state index is 12.0. The van der Waals surface area contributed by atoms with Crippen LogP contribution in [0.5, 0.6) is 0 Å². The van der Waals surface area contributed by atoms with Gasteiger partial charge in [-0.2, -0.15) is 0 Å². The molecule has 0 radical (unpaired) electrons. The summed E-state index contributed by atoms with van der Waals surface area (Å²) in [7, 11) is 0. The van der Waals surface area contributed by atoms with E-state index in [9.17, 15) is 9.59 Å². The van der Waals surface area contributed by atoms with Crippen molar-refractivity contribution >= 4 is 46.5 Å². The monoisotopic (exact) mass is 494 g/mol. The first-order valence-electron chi connectivity index (χ1n) is 9.51. The summed E-state index contributed by atoms with van der Waals surface area (Å²) < 4.78 is 1.54. The van der Waals surface area contributed by atoms with Crippen molar-refractivity contribution in [2.24, 2.45) is 22.1 Å². The van der Waals surface area contributed by atoms with Gasteiger partial charge >= 0.3 is 12.2 Å². The van der Waals surface area contributed by atoms with Gasteiger partial charge in [-0.3, -0.25) is 9.68 Å². The zero-order valence-electron chi connectivity index (χ0n) is 16.7. The van der Waals surface area contributed by atoms with Crippen molar-refractivity contribution in [2.45, 2.75) is 66.2 Å². The lowest BCUT2D eigenvalue weighted by Gasteiger charge is -2.30. The molecule has 0 aromatic carbocycles. The Labute approximate surface area is 175 Å². The Morgan fingerprint density at radius 2 is 1.67 bits per heavy atom. The highest BCUT2D eigenvalue weighted by Gasteiger charge is 2.26. The molecule has 0 aromatic rings. The number of oxime groups is 2. The summed E-state index contributed by atoms with van der Waals surface area (Å²) in [5.41, 5.74) is 1.55. The molecule has 1 rings (SSSR count). The van der Waals surface area contributed by atoms with Crippen molar-refractivity contribution in [3.63, 3.8) is 0 Å². The molecular formula is C18H31IN4O4. The third-order valence-corrected chi connectivity index (χ3v) is 5.42. The molecule has 2 amide bonds. The summed E-state index contributed by atoms with van der Waals surface area (Å²) in [6.07, 6.45) is 4.66. The van der Waals surface area contributed by atoms with Gasteiger partial charge in [0.05, 0.1) is 34.3 Å². The summed E-state index contributed by atoms with van der Waals surface area (Å²) in [5.74, 6) is 0.747. The van der Waals surface area contributed by atoms with Crippen molar-refractivity contribution in [3.05, 3.63) is 0 Å². The number of amides is 2. The van der Waals surface area contributed by atoms with E-state index < -0.39 is 12.2 Å². The van der Waals surface area contributed by atoms with Gasteiger partial charge in [0.2, 0.25) is 0 Å². The quantitative estimate of drug-likeness (QED) is 0.171. The van der Waals surface area contributed by atoms with Crippen LogP contribution in [0.3, 0.4) is 0 Å². The number of halogens is 1. The van der Waals surface area contributed by atoms with Crippen molar-refractivity contribution in [3.8, 4) is 0 Å². The zero-order valence-corrected chi connectivity index (χ0v) is 18.8. The minimum Gasteiger partial charge on any atom is -0.319 e. The summed E-state index contributed by atoms with van der Waals surface area (Å²) in [5, 5.41) is 10.3. The molecule has 2 atom stereocenters. The zero-order chi connectivity index (χ0) is 20.2. The number of hydrogen-bond donors (Lipinski definition) is 1. The van der Waals surface area contributed by atoms with Crippen molar-refractivity contribution < 1.29 is 19.3 Å². The van der Waals surface area contributed by atoms with Gasteiger partial charge < -0.3 is 5.32 Å². The second-order valence-electron chi connectivity index (χ2n) is 6.92. The molecule has 0 heterocycles. The van der Waals surface area contributed by atoms with E-state index in [0.29, 0.717) is 24.9 Å². The molecule has 0 aromatic heterocycles. The fourth-order valence-electron chi connectivity index (χ4n) is 2.72. The van der Waals surface area contributed by atoms with E-state index in [0.717, 1.165) is 49.9 Å². The first-order chi connectivity index (χ1) is 12.8. The maximum Gasteiger partial charge on any atom is 0.444 e. The summed E-state index contributed by atoms with van der Waals surface area (Å²) in [6, 6.07) is 0. The lowest BCUT2D eigenvalue weighted by molar-refractivity contribution is 0.127. The van der Waals surface area contributed by atoms with Gasteiger partial charge in [0.15, 0.2) is 0 Å². The van der Waals surface area contributed by atoms with Gasteiger partial charge in [-0.15, -0.1) is 0 Å². The number of carbonyl (C=O) groups is 2. The number of carbonyl (C=O) groups excluding carboxylic acids is 2. The predicted molar refractivity (Wildman–Crippen MR) is 114 cm³/mol. The third kappa shape index (κ3) is 9.92. The number of nitrogens with zero attached hydrogens (tertiary/aromatic N) is 3. The molecule has 1 saturated carbocycles. The fraction of sp³-hybridized carbons (Fsp3) is 0.778. The van der Waals surface area contributed by atoms with Gasteiger partial charge in [-0.25, -0.2) is 12.7 Å². The minimum absolute atomic E-state index is 0.369. The Kier molecular flexibility index (Phi) is 11.3. The fourth-order valence-corrected chi connectivity index (χ4v) is 3.37. The molecule has 27 heavy (non-hydrogen) atoms. The van der Waals surface area contributed by atoms with Crippen LogP contribution in [0, 0.1) is 11.8 Å². The van der Waals surface area contributed by atoms with Crippen LogP contribution in [0.15, 0.2) is 10.3 Å². The number of hydrogen-bond acceptors (Lipinski definition) is 6. The van der Waals surface area contributed by atoms with Gasteiger partial charge in [-0.05, 0) is 57.8 Å². The lowest BCUT2D eigenvalue weighted by Crippen LogP contribution is -2.34. The minimum atomic E-state index is -0.520. The lowest BCUT2D eigenvalue weighted by atomic mass is 9.81. The predicted octanol–water partition coefficient (Wildman–Crippen LogP) is 4.88. The van der Waals surface area contributed by atoms with Gasteiger partial charge in [0, 0.05) is 13.1 Å². The molecule has 0 bridgehead atoms. The summed E-state index contributed by atoms with van der Waals surface area (Å²) in [4.78, 5) is 33.4. The highest BCUT2D eigenvalue weighted by atomic mass is 127. The molecule has 0 spiro atoms. The maximum atomic E-state index is 12.0. The van der Waals surface area contributed by atoms with E-state index in [1.807, 2.05) is 50.6 Å². The van der Waals surface area contributed by atoms with E-state index in [-0.39, 0.29) is 0 Å². The number of nitrogens with one attached hydrogen (secondary N) is 1. The molecule has 1 aliphatic carbocycles. The Hall–Kier alpha value is -1.39. The van der Waals surface area contributed by atoms with E-state index in [1.165, 1.54) is 0 Å². The van der Waals surface area contributed by atoms with Crippen LogP contribution in [0.2, 0.25) is 0 Å². The van der Waals surface area contributed by atoms with E-state index >= 15 is 0 Å². The normalized spacial score (nSPS) is 20.8. The Balaban J connectivity index is 2.37. The van der Waals surface area contributed by atoms with Crippen molar-refractivity contribution in [1.29, 1.82) is 0 Å². The van der Waals surface area contributed by atoms with Crippen molar-refractivity contribution in [2.75, 3.05) is 13.1 Å². The smallest absolute Gasteiger partial charge is 0.319 e. The molecule has 0 saturated heterocycles. The molecule has 154 valence electrons. The van der Waals surface area contributed by atoms with Gasteiger partial charge in [-0.1, -0.05) is 30.6 Å². The average Bonchev–Trinajstić information content (AvgIpc) is 2.68. The molecular weight excluding hydrogens is 463 g/mol. The first-order valence-corrected chi connectivity index (χ1v) is 10.5. The molecule has 9 heteroatoms. The second-order valence-corrected chi connectivity index (χ2v) is 8.09. The van der Waals surface area contributed by atoms with E-state index in [2.05, 4.69) is 15.6 Å². The average molecular weight is 494 g/mol. The number of rotatable bonds is 8. The van der Waals surface area contributed by atoms with Crippen molar-refractivity contribution in [1.82, 2.24) is 8.43 Å². The van der Waals surface area contributed by atoms with Crippen LogP contribution in [-0.4, -0.2) is 39.8 Å². The molecule has 0 aliphatic heterocycles. The molecule has 1 aliphatic rings. The Bertz CT molecular complexity index is 553. The molecule has 1 N–H and O–H groups in total. The van der Waals surface area contributed by atoms with E-state index in [1.54, 1.807) is 3.11 Å². The van der Waals surface area contributed by atoms with E-state index in [4.69, 9.17) is 9.68 Å². The second kappa shape index (κ2) is 12.9. The third-order valence-electron chi connectivity index (χ3n) is 4.63. The molecule has 8 nitrogen and oxygen atoms in total. The molecule has 2 unspecified atom stereocenters. The Morgan fingerprint density at radius 3 is 2.30 bits per heavy atom. The van der Waals surface area contributed by atoms with Crippen LogP contribution >= 0.6 is 22.9 Å². The SMILES string of the molecule is CC/C(C)=N\OC(=O)NCC1CCCC(CN(I)C(=O)O/N=C(/C)CC)C1. The summed E-state index contributed by atoms with van der Waals surface area (Å²) >= 11 is 1.97. The Morgan fingerprint density at radius 1 is 1.07 bits per heavy atom. The van der Waals surface area contributed by atoms with Gasteiger partial charge in [0.1, 0.15) is 0 Å². The van der Waals surface area contributed by atoms with Crippen LogP contribution in [0.1, 0.15) is 66.2 Å². The van der Waals surface area contributed by atoms with Crippen LogP contribution < -0.4 is 5.32 Å². The highest BCUT2D eigenvalue weighted by Crippen LogP contribution is 2.30. The summed E-state index contributed by atoms with van der Waals surface area (Å²) in [6.45, 7) is 8.71. The van der Waals surface area contributed by atoms with Crippen LogP contribution in [0.4, 0.5) is 9.59 Å². The van der Waals surface area contributed by atoms with Crippen LogP contribution in [0.25, 0.3) is 0 Å². The van der Waals surface area contributed by atoms with Crippen LogP contribution in [-0.2, 0) is 9.68 Å². The topological polar surface area (TPSA) is 92.6 Å². The van der Waals surface area contributed by atoms with Gasteiger partial charge in [0.25, 0.3) is 0 Å². The molecule has 1 fully saturated rings. The first kappa shape index (κ1) is 23.6. The highest BCUT2D eigenvalue weighted by molar-refractivity contribution is 14.1. The largest absolute Gasteiger partial charge is 0.444 e. The standard InChI is InChI=1S/C18H31IN4O4/c1-5-13(3)21-26-17(24)20-11-15-8-7-9-16(10-15)12-23(19)18(25)27-22-14(4)6-2/h15-16H,5-12H2,1-4H3,(H,20,24)/b21-13-,22-14-.